The smallest absolute Gasteiger partial charge is 0.337 e. The first-order valence-corrected chi connectivity index (χ1v) is 15.6. The molecule has 1 rings (SSSR count). The van der Waals surface area contributed by atoms with Gasteiger partial charge in [0.25, 0.3) is 0 Å². The molecule has 2 amide bonds. The van der Waals surface area contributed by atoms with Crippen molar-refractivity contribution in [2.45, 2.75) is 115 Å². The molecule has 12 heteroatoms. The third-order valence-corrected chi connectivity index (χ3v) is 7.38. The highest BCUT2D eigenvalue weighted by atomic mass is 16.4. The van der Waals surface area contributed by atoms with Gasteiger partial charge in [-0.2, -0.15) is 0 Å². The van der Waals surface area contributed by atoms with Crippen LogP contribution in [-0.2, 0) is 35.2 Å². The Morgan fingerprint density at radius 3 is 1.93 bits per heavy atom. The van der Waals surface area contributed by atoms with Gasteiger partial charge in [-0.15, -0.1) is 0 Å². The molecule has 0 heterocycles. The number of unbranched alkanes of at least 4 members (excludes halogenated alkanes) is 8. The first-order valence-electron chi connectivity index (χ1n) is 15.6. The average Bonchev–Trinajstić information content (AvgIpc) is 2.95. The quantitative estimate of drug-likeness (QED) is 0.0695. The average molecular weight is 633 g/mol. The lowest BCUT2D eigenvalue weighted by atomic mass is 9.82. The molecule has 1 aromatic rings. The van der Waals surface area contributed by atoms with Crippen molar-refractivity contribution in [2.75, 3.05) is 5.32 Å². The maximum atomic E-state index is 13.2. The maximum absolute atomic E-state index is 13.2. The first-order chi connectivity index (χ1) is 21.3. The van der Waals surface area contributed by atoms with Gasteiger partial charge in [-0.3, -0.25) is 19.2 Å². The second-order valence-electron chi connectivity index (χ2n) is 11.3. The Morgan fingerprint density at radius 2 is 1.42 bits per heavy atom. The number of ketones is 1. The van der Waals surface area contributed by atoms with Crippen LogP contribution in [0.4, 0.5) is 5.69 Å². The van der Waals surface area contributed by atoms with Crippen LogP contribution in [0.5, 0.6) is 0 Å². The Bertz CT molecular complexity index is 1160. The summed E-state index contributed by atoms with van der Waals surface area (Å²) in [7, 11) is 0. The van der Waals surface area contributed by atoms with Gasteiger partial charge in [0, 0.05) is 31.9 Å². The number of carboxylic acid groups (broad SMARTS) is 3. The monoisotopic (exact) mass is 632 g/mol. The van der Waals surface area contributed by atoms with E-state index in [0.29, 0.717) is 36.9 Å². The summed E-state index contributed by atoms with van der Waals surface area (Å²) in [5.41, 5.74) is -2.07. The zero-order chi connectivity index (χ0) is 33.8. The van der Waals surface area contributed by atoms with E-state index in [4.69, 9.17) is 0 Å². The van der Waals surface area contributed by atoms with E-state index in [-0.39, 0.29) is 18.1 Å². The fraction of sp³-hybridized carbons (Fsp3) is 0.576. The summed E-state index contributed by atoms with van der Waals surface area (Å²) in [6.45, 7) is 3.48. The molecule has 0 aliphatic rings. The van der Waals surface area contributed by atoms with Gasteiger partial charge in [-0.1, -0.05) is 69.7 Å². The topological polar surface area (TPSA) is 207 Å². The number of hydrogen-bond acceptors (Lipinski definition) is 7. The van der Waals surface area contributed by atoms with Gasteiger partial charge in [-0.25, -0.2) is 9.59 Å². The van der Waals surface area contributed by atoms with E-state index in [0.717, 1.165) is 51.0 Å². The number of Topliss-reactive ketones (excluding diaryl/α,β-unsaturated/α-hetero) is 1. The Kier molecular flexibility index (Phi) is 18.0. The highest BCUT2D eigenvalue weighted by molar-refractivity contribution is 5.94. The van der Waals surface area contributed by atoms with Gasteiger partial charge in [-0.05, 0) is 43.4 Å². The number of anilines is 1. The lowest BCUT2D eigenvalue weighted by Gasteiger charge is -2.29. The number of carbonyl (C=O) groups is 6. The number of rotatable bonds is 24. The molecular weight excluding hydrogens is 584 g/mol. The van der Waals surface area contributed by atoms with Crippen molar-refractivity contribution in [3.05, 3.63) is 42.0 Å². The third kappa shape index (κ3) is 15.5. The Balaban J connectivity index is 2.83. The SMILES string of the molecule is CCCCCCCC(=O)CCCCCC/C=C/C(C(=O)NC(Cc1ccc(NC(C)=O)cc1)C(=O)O)C(O)(CC(=O)O)C(=O)O. The number of amides is 2. The molecule has 6 N–H and O–H groups in total. The molecule has 0 aliphatic heterocycles. The van der Waals surface area contributed by atoms with Crippen molar-refractivity contribution < 1.29 is 49.2 Å². The molecule has 0 spiro atoms. The van der Waals surface area contributed by atoms with Crippen molar-refractivity contribution in [3.63, 3.8) is 0 Å². The minimum absolute atomic E-state index is 0.205. The van der Waals surface area contributed by atoms with Gasteiger partial charge in [0.1, 0.15) is 11.8 Å². The summed E-state index contributed by atoms with van der Waals surface area (Å²) in [6.07, 6.45) is 11.1. The van der Waals surface area contributed by atoms with E-state index >= 15 is 0 Å². The first kappa shape index (κ1) is 39.0. The van der Waals surface area contributed by atoms with Crippen LogP contribution in [0.3, 0.4) is 0 Å². The van der Waals surface area contributed by atoms with E-state index in [1.807, 2.05) is 0 Å². The van der Waals surface area contributed by atoms with E-state index in [2.05, 4.69) is 17.6 Å². The highest BCUT2D eigenvalue weighted by Crippen LogP contribution is 2.26. The van der Waals surface area contributed by atoms with E-state index in [1.165, 1.54) is 19.4 Å². The number of nitrogens with one attached hydrogen (secondary N) is 2. The molecule has 0 radical (unpaired) electrons. The van der Waals surface area contributed by atoms with Crippen LogP contribution in [0, 0.1) is 5.92 Å². The van der Waals surface area contributed by atoms with Gasteiger partial charge in [0.05, 0.1) is 12.3 Å². The molecule has 3 unspecified atom stereocenters. The van der Waals surface area contributed by atoms with Gasteiger partial charge in [0.15, 0.2) is 5.60 Å². The van der Waals surface area contributed by atoms with Crippen molar-refractivity contribution >= 4 is 41.2 Å². The number of benzene rings is 1. The number of aliphatic carboxylic acids is 3. The van der Waals surface area contributed by atoms with E-state index < -0.39 is 47.8 Å². The second-order valence-corrected chi connectivity index (χ2v) is 11.3. The highest BCUT2D eigenvalue weighted by Gasteiger charge is 2.49. The lowest BCUT2D eigenvalue weighted by molar-refractivity contribution is -0.172. The lowest BCUT2D eigenvalue weighted by Crippen LogP contribution is -2.55. The summed E-state index contributed by atoms with van der Waals surface area (Å²) in [5.74, 6) is -8.11. The second kappa shape index (κ2) is 20.8. The van der Waals surface area contributed by atoms with Crippen LogP contribution < -0.4 is 10.6 Å². The Hall–Kier alpha value is -4.06. The van der Waals surface area contributed by atoms with E-state index in [9.17, 15) is 49.2 Å². The Labute approximate surface area is 264 Å². The molecule has 12 nitrogen and oxygen atoms in total. The van der Waals surface area contributed by atoms with Crippen molar-refractivity contribution in [1.82, 2.24) is 5.32 Å². The molecule has 0 fully saturated rings. The zero-order valence-electron chi connectivity index (χ0n) is 26.3. The van der Waals surface area contributed by atoms with Crippen molar-refractivity contribution in [2.24, 2.45) is 5.92 Å². The fourth-order valence-electron chi connectivity index (χ4n) is 4.86. The normalized spacial score (nSPS) is 13.8. The summed E-state index contributed by atoms with van der Waals surface area (Å²) in [6, 6.07) is 4.67. The summed E-state index contributed by atoms with van der Waals surface area (Å²) >= 11 is 0. The molecule has 250 valence electrons. The molecule has 0 saturated heterocycles. The maximum Gasteiger partial charge on any atom is 0.337 e. The summed E-state index contributed by atoms with van der Waals surface area (Å²) < 4.78 is 0. The molecule has 0 saturated carbocycles. The van der Waals surface area contributed by atoms with Crippen LogP contribution in [-0.4, -0.2) is 67.6 Å². The molecular formula is C33H48N2O10. The van der Waals surface area contributed by atoms with Crippen LogP contribution >= 0.6 is 0 Å². The van der Waals surface area contributed by atoms with Crippen LogP contribution in [0.2, 0.25) is 0 Å². The molecule has 3 atom stereocenters. The largest absolute Gasteiger partial charge is 0.481 e. The minimum atomic E-state index is -3.04. The number of carboxylic acids is 3. The van der Waals surface area contributed by atoms with Crippen LogP contribution in [0.1, 0.15) is 103 Å². The fourth-order valence-corrected chi connectivity index (χ4v) is 4.86. The number of carbonyl (C=O) groups excluding carboxylic acids is 3. The summed E-state index contributed by atoms with van der Waals surface area (Å²) in [5, 5.41) is 44.4. The predicted octanol–water partition coefficient (Wildman–Crippen LogP) is 4.49. The molecule has 0 aliphatic carbocycles. The number of aliphatic hydroxyl groups is 1. The van der Waals surface area contributed by atoms with Crippen LogP contribution in [0.15, 0.2) is 36.4 Å². The standard InChI is InChI=1S/C33H48N2O10/c1-3-4-5-8-11-14-26(37)15-12-9-6-7-10-13-16-27(33(45,32(43)44)22-29(38)39)30(40)35-28(31(41)42)21-24-17-19-25(20-18-24)34-23(2)36/h13,16-20,27-28,45H,3-12,14-15,21-22H2,1-2H3,(H,34,36)(H,35,40)(H,38,39)(H,41,42)(H,43,44)/b16-13+. The zero-order valence-corrected chi connectivity index (χ0v) is 26.3. The number of allylic oxidation sites excluding steroid dienone is 1. The van der Waals surface area contributed by atoms with Gasteiger partial charge < -0.3 is 31.1 Å². The van der Waals surface area contributed by atoms with Crippen LogP contribution in [0.25, 0.3) is 0 Å². The summed E-state index contributed by atoms with van der Waals surface area (Å²) in [4.78, 5) is 71.9. The van der Waals surface area contributed by atoms with Gasteiger partial charge >= 0.3 is 17.9 Å². The van der Waals surface area contributed by atoms with Crippen molar-refractivity contribution in [1.29, 1.82) is 0 Å². The van der Waals surface area contributed by atoms with Crippen molar-refractivity contribution in [3.8, 4) is 0 Å². The molecule has 45 heavy (non-hydrogen) atoms. The third-order valence-electron chi connectivity index (χ3n) is 7.38. The molecule has 1 aromatic carbocycles. The molecule has 0 aromatic heterocycles. The predicted molar refractivity (Wildman–Crippen MR) is 168 cm³/mol. The number of hydrogen-bond donors (Lipinski definition) is 6. The van der Waals surface area contributed by atoms with E-state index in [1.54, 1.807) is 24.3 Å². The Morgan fingerprint density at radius 1 is 0.844 bits per heavy atom. The minimum Gasteiger partial charge on any atom is -0.481 e. The van der Waals surface area contributed by atoms with Gasteiger partial charge in [0.2, 0.25) is 11.8 Å². The molecule has 0 bridgehead atoms.